The molecule has 0 nitrogen and oxygen atoms in total. The first-order chi connectivity index (χ1) is 5.56. The Morgan fingerprint density at radius 2 is 1.23 bits per heavy atom. The van der Waals surface area contributed by atoms with E-state index in [-0.39, 0.29) is 18.9 Å². The van der Waals surface area contributed by atoms with E-state index in [2.05, 4.69) is 27.7 Å². The van der Waals surface area contributed by atoms with Gasteiger partial charge in [-0.05, 0) is 11.8 Å². The molecule has 0 aliphatic heterocycles. The molecule has 0 aromatic rings. The second kappa shape index (κ2) is 9.16. The fraction of sp³-hybridized carbons (Fsp3) is 1.00. The average molecular weight is 178 g/mol. The Kier molecular flexibility index (Phi) is 11.3. The second-order valence-electron chi connectivity index (χ2n) is 5.08. The molecule has 0 rings (SSSR count). The first-order valence-corrected chi connectivity index (χ1v) is 5.56. The van der Waals surface area contributed by atoms with Gasteiger partial charge in [0.25, 0.3) is 0 Å². The van der Waals surface area contributed by atoms with E-state index in [0.717, 1.165) is 0 Å². The van der Waals surface area contributed by atoms with E-state index in [4.69, 9.17) is 0 Å². The summed E-state index contributed by atoms with van der Waals surface area (Å²) in [6.45, 7) is 9.27. The first kappa shape index (κ1) is 16.0. The number of unbranched alkanes of at least 4 members (excludes halogenated alkanes) is 5. The molecule has 0 bridgehead atoms. The number of hydrogen-bond acceptors (Lipinski definition) is 0. The van der Waals surface area contributed by atoms with Crippen molar-refractivity contribution in [1.29, 1.82) is 0 Å². The van der Waals surface area contributed by atoms with Gasteiger partial charge in [-0.1, -0.05) is 66.2 Å². The van der Waals surface area contributed by atoms with Crippen molar-refractivity contribution in [2.45, 2.75) is 72.6 Å². The van der Waals surface area contributed by atoms with Crippen molar-refractivity contribution in [3.05, 3.63) is 0 Å². The van der Waals surface area contributed by atoms with Crippen molar-refractivity contribution in [2.75, 3.05) is 0 Å². The maximum absolute atomic E-state index is 2.33. The molecule has 0 aliphatic carbocycles. The van der Waals surface area contributed by atoms with Crippen molar-refractivity contribution < 1.29 is 0 Å². The van der Waals surface area contributed by atoms with Crippen LogP contribution in [0.4, 0.5) is 0 Å². The van der Waals surface area contributed by atoms with Crippen molar-refractivity contribution in [1.82, 2.24) is 0 Å². The summed E-state index contributed by atoms with van der Waals surface area (Å²) in [6, 6.07) is 0. The van der Waals surface area contributed by atoms with Gasteiger partial charge in [-0.25, -0.2) is 0 Å². The molecule has 0 saturated carbocycles. The van der Waals surface area contributed by atoms with Crippen LogP contribution in [-0.2, 0) is 0 Å². The van der Waals surface area contributed by atoms with Crippen LogP contribution in [0.15, 0.2) is 0 Å². The Labute approximate surface area is 97.1 Å². The number of hydrogen-bond donors (Lipinski definition) is 0. The fourth-order valence-corrected chi connectivity index (χ4v) is 1.44. The summed E-state index contributed by atoms with van der Waals surface area (Å²) in [4.78, 5) is 0. The molecule has 0 amide bonds. The molecule has 0 aromatic carbocycles. The average Bonchev–Trinajstić information content (AvgIpc) is 1.94. The summed E-state index contributed by atoms with van der Waals surface area (Å²) in [5.74, 6) is 0. The molecule has 0 radical (unpaired) electrons. The van der Waals surface area contributed by atoms with E-state index in [1.165, 1.54) is 44.9 Å². The molecule has 0 atom stereocenters. The minimum atomic E-state index is 0. The Hall–Kier alpha value is 0.597. The summed E-state index contributed by atoms with van der Waals surface area (Å²) in [5.41, 5.74) is 0.546. The van der Waals surface area contributed by atoms with Crippen LogP contribution >= 0.6 is 0 Å². The molecule has 0 N–H and O–H groups in total. The maximum atomic E-state index is 2.33. The van der Waals surface area contributed by atoms with Crippen molar-refractivity contribution >= 4 is 18.9 Å². The molecule has 1 heteroatoms. The zero-order chi connectivity index (χ0) is 9.45. The van der Waals surface area contributed by atoms with Crippen molar-refractivity contribution in [2.24, 2.45) is 5.41 Å². The molecule has 13 heavy (non-hydrogen) atoms. The van der Waals surface area contributed by atoms with Crippen LogP contribution in [0.2, 0.25) is 0 Å². The summed E-state index contributed by atoms with van der Waals surface area (Å²) in [5, 5.41) is 0. The van der Waals surface area contributed by atoms with Crippen molar-refractivity contribution in [3.63, 3.8) is 0 Å². The van der Waals surface area contributed by atoms with E-state index < -0.39 is 0 Å². The predicted molar refractivity (Wildman–Crippen MR) is 64.6 cm³/mol. The monoisotopic (exact) mass is 178 g/mol. The minimum absolute atomic E-state index is 0. The Balaban J connectivity index is 0. The second-order valence-corrected chi connectivity index (χ2v) is 5.08. The zero-order valence-corrected chi connectivity index (χ0v) is 9.45. The zero-order valence-electron chi connectivity index (χ0n) is 9.45. The van der Waals surface area contributed by atoms with Crippen LogP contribution in [0, 0.1) is 5.41 Å². The van der Waals surface area contributed by atoms with Gasteiger partial charge in [0.15, 0.2) is 0 Å². The summed E-state index contributed by atoms with van der Waals surface area (Å²) in [6.07, 6.45) is 9.93. The first-order valence-electron chi connectivity index (χ1n) is 5.56. The SMILES string of the molecule is CCCCCCCCC(C)(C)C.[LiH]. The van der Waals surface area contributed by atoms with Gasteiger partial charge in [-0.2, -0.15) is 0 Å². The van der Waals surface area contributed by atoms with E-state index in [9.17, 15) is 0 Å². The van der Waals surface area contributed by atoms with E-state index in [0.29, 0.717) is 5.41 Å². The van der Waals surface area contributed by atoms with Gasteiger partial charge < -0.3 is 0 Å². The standard InChI is InChI=1S/C12H26.Li.H/c1-5-6-7-8-9-10-11-12(2,3)4;;/h5-11H2,1-4H3;;. The molecular formula is C12H27Li. The number of rotatable bonds is 6. The van der Waals surface area contributed by atoms with Crippen LogP contribution in [0.3, 0.4) is 0 Å². The Morgan fingerprint density at radius 3 is 1.69 bits per heavy atom. The van der Waals surface area contributed by atoms with Crippen LogP contribution in [0.5, 0.6) is 0 Å². The van der Waals surface area contributed by atoms with Gasteiger partial charge in [0, 0.05) is 0 Å². The molecule has 0 heterocycles. The van der Waals surface area contributed by atoms with Gasteiger partial charge in [0.1, 0.15) is 0 Å². The van der Waals surface area contributed by atoms with Crippen LogP contribution in [0.25, 0.3) is 0 Å². The van der Waals surface area contributed by atoms with Gasteiger partial charge in [0.05, 0.1) is 0 Å². The Bertz CT molecular complexity index is 91.8. The fourth-order valence-electron chi connectivity index (χ4n) is 1.44. The third kappa shape index (κ3) is 15.4. The van der Waals surface area contributed by atoms with Crippen LogP contribution in [0.1, 0.15) is 72.6 Å². The molecule has 76 valence electrons. The predicted octanol–water partition coefficient (Wildman–Crippen LogP) is 4.13. The van der Waals surface area contributed by atoms with Gasteiger partial charge in [-0.15, -0.1) is 0 Å². The third-order valence-corrected chi connectivity index (χ3v) is 2.28. The van der Waals surface area contributed by atoms with E-state index in [1.807, 2.05) is 0 Å². The van der Waals surface area contributed by atoms with Gasteiger partial charge >= 0.3 is 18.9 Å². The summed E-state index contributed by atoms with van der Waals surface area (Å²) < 4.78 is 0. The topological polar surface area (TPSA) is 0 Å². The molecule has 0 aromatic heterocycles. The quantitative estimate of drug-likeness (QED) is 0.423. The Morgan fingerprint density at radius 1 is 0.769 bits per heavy atom. The third-order valence-electron chi connectivity index (χ3n) is 2.28. The van der Waals surface area contributed by atoms with Crippen LogP contribution in [-0.4, -0.2) is 18.9 Å². The normalized spacial score (nSPS) is 11.1. The molecule has 0 aliphatic rings. The molecule has 0 spiro atoms. The van der Waals surface area contributed by atoms with E-state index in [1.54, 1.807) is 0 Å². The van der Waals surface area contributed by atoms with Crippen molar-refractivity contribution in [3.8, 4) is 0 Å². The molecule has 0 fully saturated rings. The molecule has 0 saturated heterocycles. The summed E-state index contributed by atoms with van der Waals surface area (Å²) >= 11 is 0. The molecular weight excluding hydrogens is 151 g/mol. The summed E-state index contributed by atoms with van der Waals surface area (Å²) in [7, 11) is 0. The molecule has 0 unspecified atom stereocenters. The van der Waals surface area contributed by atoms with Gasteiger partial charge in [0.2, 0.25) is 0 Å². The van der Waals surface area contributed by atoms with E-state index >= 15 is 0 Å². The van der Waals surface area contributed by atoms with Gasteiger partial charge in [-0.3, -0.25) is 0 Å². The van der Waals surface area contributed by atoms with Crippen LogP contribution < -0.4 is 0 Å².